The number of hydrogen-bond acceptors (Lipinski definition) is 4. The highest BCUT2D eigenvalue weighted by Crippen LogP contribution is 2.06. The van der Waals surface area contributed by atoms with Crippen molar-refractivity contribution in [1.29, 1.82) is 0 Å². The third-order valence-corrected chi connectivity index (χ3v) is 3.22. The summed E-state index contributed by atoms with van der Waals surface area (Å²) in [5, 5.41) is 6.74. The largest absolute Gasteiger partial charge is 0.339 e. The lowest BCUT2D eigenvalue weighted by molar-refractivity contribution is -0.130. The van der Waals surface area contributed by atoms with Crippen LogP contribution < -0.4 is 0 Å². The number of nitrogens with one attached hydrogen (secondary N) is 1. The van der Waals surface area contributed by atoms with Crippen molar-refractivity contribution in [3.05, 3.63) is 11.6 Å². The molecule has 2 rings (SSSR count). The molecular weight excluding hydrogens is 246 g/mol. The molecule has 0 radical (unpaired) electrons. The van der Waals surface area contributed by atoms with E-state index in [1.54, 1.807) is 16.7 Å². The number of aromatic amines is 1. The van der Waals surface area contributed by atoms with E-state index in [9.17, 15) is 9.59 Å². The van der Waals surface area contributed by atoms with E-state index in [1.807, 2.05) is 6.92 Å². The lowest BCUT2D eigenvalue weighted by Gasteiger charge is -2.33. The number of nitrogens with zero attached hydrogens (tertiary/aromatic N) is 4. The first-order valence-electron chi connectivity index (χ1n) is 6.58. The van der Waals surface area contributed by atoms with E-state index in [4.69, 9.17) is 0 Å². The molecule has 104 valence electrons. The number of rotatable bonds is 3. The van der Waals surface area contributed by atoms with Gasteiger partial charge in [-0.15, -0.1) is 5.10 Å². The summed E-state index contributed by atoms with van der Waals surface area (Å²) in [6.07, 6.45) is 1.75. The second-order valence-corrected chi connectivity index (χ2v) is 4.65. The fourth-order valence-electron chi connectivity index (χ4n) is 2.11. The van der Waals surface area contributed by atoms with Gasteiger partial charge in [0.05, 0.1) is 0 Å². The van der Waals surface area contributed by atoms with Gasteiger partial charge < -0.3 is 9.80 Å². The normalized spacial score (nSPS) is 15.7. The Labute approximate surface area is 112 Å². The average molecular weight is 265 g/mol. The summed E-state index contributed by atoms with van der Waals surface area (Å²) in [5.74, 6) is 0.852. The van der Waals surface area contributed by atoms with E-state index in [2.05, 4.69) is 15.2 Å². The van der Waals surface area contributed by atoms with Gasteiger partial charge in [-0.05, 0) is 6.42 Å². The highest BCUT2D eigenvalue weighted by atomic mass is 16.2. The standard InChI is InChI=1S/C12H19N5O2/c1-3-4-10-13-11(15-14-10)12(19)17-7-5-16(6-8-17)9(2)18/h3-8H2,1-2H3,(H,13,14,15). The second-order valence-electron chi connectivity index (χ2n) is 4.65. The number of hydrogen-bond donors (Lipinski definition) is 1. The minimum atomic E-state index is -0.165. The summed E-state index contributed by atoms with van der Waals surface area (Å²) >= 11 is 0. The van der Waals surface area contributed by atoms with E-state index >= 15 is 0 Å². The predicted molar refractivity (Wildman–Crippen MR) is 68.5 cm³/mol. The molecule has 0 atom stereocenters. The molecule has 1 fully saturated rings. The third-order valence-electron chi connectivity index (χ3n) is 3.22. The number of carbonyl (C=O) groups is 2. The van der Waals surface area contributed by atoms with Crippen molar-refractivity contribution in [2.24, 2.45) is 0 Å². The lowest BCUT2D eigenvalue weighted by Crippen LogP contribution is -2.50. The van der Waals surface area contributed by atoms with Gasteiger partial charge in [-0.1, -0.05) is 6.92 Å². The predicted octanol–water partition coefficient (Wildman–Crippen LogP) is 0.0615. The van der Waals surface area contributed by atoms with Gasteiger partial charge in [0.25, 0.3) is 5.91 Å². The van der Waals surface area contributed by atoms with Crippen LogP contribution in [0.15, 0.2) is 0 Å². The molecule has 1 aromatic rings. The lowest BCUT2D eigenvalue weighted by atomic mass is 10.3. The third kappa shape index (κ3) is 3.10. The van der Waals surface area contributed by atoms with Gasteiger partial charge in [-0.25, -0.2) is 4.98 Å². The molecule has 1 N–H and O–H groups in total. The Morgan fingerprint density at radius 2 is 1.84 bits per heavy atom. The van der Waals surface area contributed by atoms with Crippen LogP contribution in [-0.2, 0) is 11.2 Å². The molecule has 0 aliphatic carbocycles. The quantitative estimate of drug-likeness (QED) is 0.838. The second kappa shape index (κ2) is 5.81. The molecule has 7 nitrogen and oxygen atoms in total. The van der Waals surface area contributed by atoms with E-state index < -0.39 is 0 Å². The fourth-order valence-corrected chi connectivity index (χ4v) is 2.11. The van der Waals surface area contributed by atoms with Crippen molar-refractivity contribution in [1.82, 2.24) is 25.0 Å². The van der Waals surface area contributed by atoms with Gasteiger partial charge >= 0.3 is 0 Å². The Morgan fingerprint density at radius 3 is 2.42 bits per heavy atom. The Hall–Kier alpha value is -1.92. The SMILES string of the molecule is CCCc1nc(C(=O)N2CCN(C(C)=O)CC2)n[nH]1. The highest BCUT2D eigenvalue weighted by Gasteiger charge is 2.25. The van der Waals surface area contributed by atoms with Crippen molar-refractivity contribution < 1.29 is 9.59 Å². The number of aromatic nitrogens is 3. The molecule has 0 unspecified atom stereocenters. The molecule has 0 aromatic carbocycles. The van der Waals surface area contributed by atoms with Crippen LogP contribution in [0.25, 0.3) is 0 Å². The molecule has 0 spiro atoms. The molecule has 1 saturated heterocycles. The van der Waals surface area contributed by atoms with Crippen molar-refractivity contribution in [3.63, 3.8) is 0 Å². The minimum absolute atomic E-state index is 0.0511. The molecule has 19 heavy (non-hydrogen) atoms. The number of piperazine rings is 1. The van der Waals surface area contributed by atoms with Crippen LogP contribution in [0.1, 0.15) is 36.7 Å². The number of carbonyl (C=O) groups excluding carboxylic acids is 2. The minimum Gasteiger partial charge on any atom is -0.339 e. The van der Waals surface area contributed by atoms with E-state index in [0.717, 1.165) is 18.7 Å². The topological polar surface area (TPSA) is 82.2 Å². The Bertz CT molecular complexity index is 462. The zero-order valence-electron chi connectivity index (χ0n) is 11.3. The van der Waals surface area contributed by atoms with Gasteiger partial charge in [0.1, 0.15) is 5.82 Å². The zero-order chi connectivity index (χ0) is 13.8. The maximum atomic E-state index is 12.2. The number of amides is 2. The van der Waals surface area contributed by atoms with Gasteiger partial charge in [-0.2, -0.15) is 0 Å². The Morgan fingerprint density at radius 1 is 1.21 bits per heavy atom. The Balaban J connectivity index is 1.95. The van der Waals surface area contributed by atoms with Crippen LogP contribution in [-0.4, -0.2) is 63.0 Å². The van der Waals surface area contributed by atoms with Crippen molar-refractivity contribution >= 4 is 11.8 Å². The van der Waals surface area contributed by atoms with Gasteiger partial charge in [0, 0.05) is 39.5 Å². The number of H-pyrrole nitrogens is 1. The number of aryl methyl sites for hydroxylation is 1. The van der Waals surface area contributed by atoms with Crippen LogP contribution in [0.2, 0.25) is 0 Å². The van der Waals surface area contributed by atoms with Crippen LogP contribution in [0.5, 0.6) is 0 Å². The van der Waals surface area contributed by atoms with Crippen LogP contribution in [0, 0.1) is 0 Å². The van der Waals surface area contributed by atoms with Gasteiger partial charge in [0.2, 0.25) is 11.7 Å². The monoisotopic (exact) mass is 265 g/mol. The summed E-state index contributed by atoms with van der Waals surface area (Å²) in [4.78, 5) is 31.0. The molecule has 0 bridgehead atoms. The molecule has 7 heteroatoms. The van der Waals surface area contributed by atoms with Crippen LogP contribution in [0.4, 0.5) is 0 Å². The summed E-state index contributed by atoms with van der Waals surface area (Å²) in [6.45, 7) is 5.82. The van der Waals surface area contributed by atoms with Gasteiger partial charge in [0.15, 0.2) is 0 Å². The van der Waals surface area contributed by atoms with E-state index in [0.29, 0.717) is 26.2 Å². The van der Waals surface area contributed by atoms with Crippen molar-refractivity contribution in [3.8, 4) is 0 Å². The van der Waals surface area contributed by atoms with Crippen LogP contribution in [0.3, 0.4) is 0 Å². The summed E-state index contributed by atoms with van der Waals surface area (Å²) in [6, 6.07) is 0. The first kappa shape index (κ1) is 13.5. The molecular formula is C12H19N5O2. The summed E-state index contributed by atoms with van der Waals surface area (Å²) in [5.41, 5.74) is 0. The average Bonchev–Trinajstić information content (AvgIpc) is 2.87. The van der Waals surface area contributed by atoms with Crippen LogP contribution >= 0.6 is 0 Å². The first-order chi connectivity index (χ1) is 9.11. The smallest absolute Gasteiger partial charge is 0.293 e. The zero-order valence-corrected chi connectivity index (χ0v) is 11.3. The molecule has 1 aliphatic heterocycles. The molecule has 1 aliphatic rings. The maximum absolute atomic E-state index is 12.2. The van der Waals surface area contributed by atoms with Crippen molar-refractivity contribution in [2.45, 2.75) is 26.7 Å². The molecule has 1 aromatic heterocycles. The molecule has 2 heterocycles. The summed E-state index contributed by atoms with van der Waals surface area (Å²) < 4.78 is 0. The molecule has 0 saturated carbocycles. The fraction of sp³-hybridized carbons (Fsp3) is 0.667. The van der Waals surface area contributed by atoms with Gasteiger partial charge in [-0.3, -0.25) is 14.7 Å². The summed E-state index contributed by atoms with van der Waals surface area (Å²) in [7, 11) is 0. The maximum Gasteiger partial charge on any atom is 0.293 e. The Kier molecular flexibility index (Phi) is 4.13. The molecule has 2 amide bonds. The van der Waals surface area contributed by atoms with Crippen molar-refractivity contribution in [2.75, 3.05) is 26.2 Å². The van der Waals surface area contributed by atoms with E-state index in [1.165, 1.54) is 0 Å². The first-order valence-corrected chi connectivity index (χ1v) is 6.58. The highest BCUT2D eigenvalue weighted by molar-refractivity contribution is 5.90. The van der Waals surface area contributed by atoms with E-state index in [-0.39, 0.29) is 17.6 Å².